The van der Waals surface area contributed by atoms with Crippen LogP contribution in [0.3, 0.4) is 0 Å². The smallest absolute Gasteiger partial charge is 0.328 e. The minimum absolute atomic E-state index is 0.558. The molecule has 0 saturated carbocycles. The summed E-state index contributed by atoms with van der Waals surface area (Å²) >= 11 is 1.21. The van der Waals surface area contributed by atoms with Crippen molar-refractivity contribution in [2.45, 2.75) is 13.8 Å². The number of aliphatic carboxylic acids is 2. The maximum absolute atomic E-state index is 9.55. The first-order chi connectivity index (χ1) is 5.90. The van der Waals surface area contributed by atoms with Gasteiger partial charge >= 0.3 is 62.6 Å². The van der Waals surface area contributed by atoms with Gasteiger partial charge in [-0.2, -0.15) is 0 Å². The summed E-state index contributed by atoms with van der Waals surface area (Å²) in [6, 6.07) is 0. The molecule has 0 spiro atoms. The molecule has 0 aromatic heterocycles. The topological polar surface area (TPSA) is 74.6 Å². The van der Waals surface area contributed by atoms with Crippen LogP contribution in [-0.4, -0.2) is 50.1 Å². The van der Waals surface area contributed by atoms with Crippen molar-refractivity contribution in [3.05, 3.63) is 21.1 Å². The van der Waals surface area contributed by atoms with Crippen molar-refractivity contribution in [2.75, 3.05) is 0 Å². The van der Waals surface area contributed by atoms with Crippen molar-refractivity contribution in [2.24, 2.45) is 0 Å². The molecule has 4 nitrogen and oxygen atoms in total. The largest absolute Gasteiger partial charge is 0.478 e. The zero-order valence-corrected chi connectivity index (χ0v) is 9.94. The molecule has 0 heterocycles. The van der Waals surface area contributed by atoms with E-state index in [1.54, 1.807) is 0 Å². The summed E-state index contributed by atoms with van der Waals surface area (Å²) in [6.07, 6.45) is 1.12. The molecule has 0 aliphatic carbocycles. The van der Waals surface area contributed by atoms with Gasteiger partial charge in [0.05, 0.1) is 0 Å². The molecule has 0 saturated heterocycles. The van der Waals surface area contributed by atoms with Crippen LogP contribution < -0.4 is 0 Å². The van der Waals surface area contributed by atoms with Gasteiger partial charge in [0.1, 0.15) is 0 Å². The van der Waals surface area contributed by atoms with Crippen LogP contribution in [-0.2, 0) is 9.59 Å². The Bertz CT molecular complexity index is 210. The maximum atomic E-state index is 9.55. The number of hydrogen-bond donors (Lipinski definition) is 2. The van der Waals surface area contributed by atoms with E-state index in [9.17, 15) is 9.59 Å². The van der Waals surface area contributed by atoms with Crippen LogP contribution in [0.15, 0.2) is 21.1 Å². The summed E-state index contributed by atoms with van der Waals surface area (Å²) < 4.78 is 2.22. The van der Waals surface area contributed by atoms with Crippen molar-refractivity contribution in [3.8, 4) is 0 Å². The fraction of sp³-hybridized carbons (Fsp3) is 0.250. The molecule has 0 unspecified atom stereocenters. The molecular formula is C8H11NaO4. The van der Waals surface area contributed by atoms with E-state index >= 15 is 0 Å². The molecule has 0 bridgehead atoms. The zero-order chi connectivity index (χ0) is 10.9. The Morgan fingerprint density at radius 3 is 1.38 bits per heavy atom. The second kappa shape index (κ2) is 9.51. The molecule has 0 fully saturated rings. The van der Waals surface area contributed by atoms with Crippen LogP contribution in [0.4, 0.5) is 0 Å². The minimum Gasteiger partial charge on any atom is -0.478 e. The van der Waals surface area contributed by atoms with Gasteiger partial charge in [0, 0.05) is 12.2 Å². The Kier molecular flexibility index (Phi) is 10.9. The third-order valence-electron chi connectivity index (χ3n) is 0.946. The quantitative estimate of drug-likeness (QED) is 0.503. The van der Waals surface area contributed by atoms with Gasteiger partial charge in [-0.15, -0.1) is 0 Å². The first-order valence-corrected chi connectivity index (χ1v) is 4.79. The van der Waals surface area contributed by atoms with E-state index in [1.165, 1.54) is 33.5 Å². The van der Waals surface area contributed by atoms with Gasteiger partial charge < -0.3 is 10.2 Å². The molecule has 2 N–H and O–H groups in total. The molecular weight excluding hydrogens is 183 g/mol. The van der Waals surface area contributed by atoms with Gasteiger partial charge in [-0.25, -0.2) is 9.59 Å². The molecule has 5 heteroatoms. The first kappa shape index (κ1) is 14.9. The number of carboxylic acid groups (broad SMARTS) is 2. The summed E-state index contributed by atoms with van der Waals surface area (Å²) in [5.41, 5.74) is 1.44. The maximum Gasteiger partial charge on any atom is 0.328 e. The molecule has 0 aromatic rings. The van der Waals surface area contributed by atoms with Gasteiger partial charge in [-0.05, 0) is 0 Å². The molecule has 0 radical (unpaired) electrons. The zero-order valence-electron chi connectivity index (χ0n) is 7.94. The molecule has 0 atom stereocenters. The van der Waals surface area contributed by atoms with Crippen molar-refractivity contribution in [1.82, 2.24) is 0 Å². The van der Waals surface area contributed by atoms with Crippen LogP contribution in [0.2, 0.25) is 0 Å². The van der Waals surface area contributed by atoms with Crippen LogP contribution in [0, 0.1) is 0 Å². The Morgan fingerprint density at radius 2 is 1.31 bits per heavy atom. The van der Waals surface area contributed by atoms with E-state index < -0.39 is 11.9 Å². The molecule has 0 aliphatic rings. The SMILES string of the molecule is CC(C)=[CH][Na].O=C(O)/C=C\C(=O)O. The first-order valence-electron chi connectivity index (χ1n) is 3.63. The third-order valence-corrected chi connectivity index (χ3v) is 2.10. The van der Waals surface area contributed by atoms with E-state index in [0.717, 1.165) is 0 Å². The molecule has 0 rings (SSSR count). The van der Waals surface area contributed by atoms with E-state index in [-0.39, 0.29) is 0 Å². The monoisotopic (exact) mass is 194 g/mol. The summed E-state index contributed by atoms with van der Waals surface area (Å²) in [6.45, 7) is 4.24. The molecule has 0 aliphatic heterocycles. The summed E-state index contributed by atoms with van der Waals surface area (Å²) in [5, 5.41) is 15.6. The fourth-order valence-electron chi connectivity index (χ4n) is 0.143. The number of rotatable bonds is 2. The second-order valence-electron chi connectivity index (χ2n) is 2.38. The average molecular weight is 194 g/mol. The van der Waals surface area contributed by atoms with Gasteiger partial charge in [-0.3, -0.25) is 0 Å². The Balaban J connectivity index is 0. The summed E-state index contributed by atoms with van der Waals surface area (Å²) in [4.78, 5) is 19.1. The third kappa shape index (κ3) is 24.6. The van der Waals surface area contributed by atoms with E-state index in [4.69, 9.17) is 10.2 Å². The number of carboxylic acids is 2. The number of carbonyl (C=O) groups is 2. The van der Waals surface area contributed by atoms with E-state index in [1.807, 2.05) is 0 Å². The normalized spacial score (nSPS) is 8.62. The fourth-order valence-corrected chi connectivity index (χ4v) is 0.143. The van der Waals surface area contributed by atoms with Gasteiger partial charge in [0.25, 0.3) is 0 Å². The van der Waals surface area contributed by atoms with E-state index in [0.29, 0.717) is 12.2 Å². The average Bonchev–Trinajstić information content (AvgIpc) is 2.02. The molecule has 68 valence electrons. The van der Waals surface area contributed by atoms with Crippen LogP contribution in [0.25, 0.3) is 0 Å². The minimum atomic E-state index is -1.26. The van der Waals surface area contributed by atoms with Crippen molar-refractivity contribution in [3.63, 3.8) is 0 Å². The summed E-state index contributed by atoms with van der Waals surface area (Å²) in [7, 11) is 0. The second-order valence-corrected chi connectivity index (χ2v) is 2.95. The summed E-state index contributed by atoms with van der Waals surface area (Å²) in [5.74, 6) is -2.51. The van der Waals surface area contributed by atoms with Gasteiger partial charge in [0.2, 0.25) is 0 Å². The predicted molar refractivity (Wildman–Crippen MR) is 49.6 cm³/mol. The number of hydrogen-bond acceptors (Lipinski definition) is 2. The van der Waals surface area contributed by atoms with Crippen molar-refractivity contribution in [1.29, 1.82) is 0 Å². The van der Waals surface area contributed by atoms with Crippen molar-refractivity contribution < 1.29 is 19.8 Å². The Labute approximate surface area is 94.4 Å². The van der Waals surface area contributed by atoms with Gasteiger partial charge in [0.15, 0.2) is 0 Å². The Morgan fingerprint density at radius 1 is 1.08 bits per heavy atom. The van der Waals surface area contributed by atoms with Crippen LogP contribution in [0.1, 0.15) is 13.8 Å². The van der Waals surface area contributed by atoms with Gasteiger partial charge in [-0.1, -0.05) is 0 Å². The standard InChI is InChI=1S/C4H4O4.C4H7.Na/c5-3(6)1-2-4(7)8;1-4(2)3;/h1-2H,(H,5,6)(H,7,8);1H,2-3H3;/b2-1-;;. The van der Waals surface area contributed by atoms with Crippen LogP contribution in [0.5, 0.6) is 0 Å². The Hall–Kier alpha value is -0.580. The predicted octanol–water partition coefficient (Wildman–Crippen LogP) is 0.790. The molecule has 0 amide bonds. The molecule has 13 heavy (non-hydrogen) atoms. The number of allylic oxidation sites excluding steroid dienone is 1. The van der Waals surface area contributed by atoms with Crippen molar-refractivity contribution >= 4 is 39.9 Å². The molecule has 0 aromatic carbocycles. The van der Waals surface area contributed by atoms with Crippen LogP contribution >= 0.6 is 0 Å². The van der Waals surface area contributed by atoms with E-state index in [2.05, 4.69) is 17.2 Å².